The van der Waals surface area contributed by atoms with E-state index in [0.29, 0.717) is 12.1 Å². The second-order valence-corrected chi connectivity index (χ2v) is 5.82. The van der Waals surface area contributed by atoms with Gasteiger partial charge in [0, 0.05) is 23.2 Å². The Labute approximate surface area is 115 Å². The van der Waals surface area contributed by atoms with Crippen molar-refractivity contribution >= 4 is 27.5 Å². The highest BCUT2D eigenvalue weighted by atomic mass is 79.9. The maximum Gasteiger partial charge on any atom is 0.225 e. The lowest BCUT2D eigenvalue weighted by Crippen LogP contribution is -2.37. The number of carbonyl (C=O) groups is 1. The number of hydrogen-bond acceptors (Lipinski definition) is 3. The fourth-order valence-corrected chi connectivity index (χ4v) is 2.69. The van der Waals surface area contributed by atoms with Crippen LogP contribution < -0.4 is 10.6 Å². The first-order valence-corrected chi connectivity index (χ1v) is 6.49. The van der Waals surface area contributed by atoms with Crippen molar-refractivity contribution in [1.29, 1.82) is 5.26 Å². The van der Waals surface area contributed by atoms with Crippen molar-refractivity contribution < 1.29 is 4.79 Å². The van der Waals surface area contributed by atoms with Gasteiger partial charge in [-0.25, -0.2) is 0 Å². The van der Waals surface area contributed by atoms with Crippen molar-refractivity contribution in [3.8, 4) is 6.07 Å². The largest absolute Gasteiger partial charge is 0.370 e. The van der Waals surface area contributed by atoms with Gasteiger partial charge < -0.3 is 10.6 Å². The molecule has 1 aliphatic heterocycles. The predicted molar refractivity (Wildman–Crippen MR) is 73.0 cm³/mol. The Balaban J connectivity index is 2.27. The Bertz CT molecular complexity index is 538. The van der Waals surface area contributed by atoms with Gasteiger partial charge in [-0.05, 0) is 31.5 Å². The molecule has 1 amide bonds. The smallest absolute Gasteiger partial charge is 0.225 e. The first kappa shape index (κ1) is 12.9. The molecule has 0 saturated carbocycles. The number of primary amides is 1. The minimum Gasteiger partial charge on any atom is -0.370 e. The summed E-state index contributed by atoms with van der Waals surface area (Å²) in [5.41, 5.74) is 6.51. The highest BCUT2D eigenvalue weighted by molar-refractivity contribution is 9.10. The minimum absolute atomic E-state index is 0.263. The van der Waals surface area contributed by atoms with Crippen LogP contribution in [-0.2, 0) is 4.79 Å². The number of carbonyl (C=O) groups excluding carboxylic acids is 1. The molecule has 2 rings (SSSR count). The number of nitrogens with two attached hydrogens (primary N) is 1. The number of halogens is 1. The molecule has 1 saturated heterocycles. The minimum atomic E-state index is -0.477. The molecule has 1 aromatic carbocycles. The van der Waals surface area contributed by atoms with Crippen LogP contribution in [0.5, 0.6) is 0 Å². The summed E-state index contributed by atoms with van der Waals surface area (Å²) in [6.45, 7) is 3.27. The van der Waals surface area contributed by atoms with Gasteiger partial charge in [0.25, 0.3) is 0 Å². The van der Waals surface area contributed by atoms with E-state index in [9.17, 15) is 4.79 Å². The van der Waals surface area contributed by atoms with Crippen LogP contribution in [0.1, 0.15) is 18.9 Å². The van der Waals surface area contributed by atoms with Gasteiger partial charge in [-0.15, -0.1) is 0 Å². The van der Waals surface area contributed by atoms with E-state index in [0.717, 1.165) is 23.1 Å². The first-order chi connectivity index (χ1) is 8.44. The number of benzene rings is 1. The van der Waals surface area contributed by atoms with Crippen LogP contribution in [0.25, 0.3) is 0 Å². The maximum absolute atomic E-state index is 11.4. The van der Waals surface area contributed by atoms with Crippen LogP contribution in [0.15, 0.2) is 22.7 Å². The molecule has 0 aromatic heterocycles. The molecule has 1 fully saturated rings. The molecule has 0 aliphatic carbocycles. The van der Waals surface area contributed by atoms with Crippen molar-refractivity contribution in [3.63, 3.8) is 0 Å². The lowest BCUT2D eigenvalue weighted by atomic mass is 9.89. The fourth-order valence-electron chi connectivity index (χ4n) is 2.20. The number of nitriles is 1. The van der Waals surface area contributed by atoms with E-state index in [2.05, 4.69) is 26.9 Å². The Hall–Kier alpha value is -1.54. The van der Waals surface area contributed by atoms with Crippen molar-refractivity contribution in [2.24, 2.45) is 11.1 Å². The molecule has 1 aromatic rings. The summed E-state index contributed by atoms with van der Waals surface area (Å²) < 4.78 is 0.865. The second kappa shape index (κ2) is 4.62. The number of hydrogen-bond donors (Lipinski definition) is 1. The summed E-state index contributed by atoms with van der Waals surface area (Å²) >= 11 is 3.39. The Morgan fingerprint density at radius 1 is 1.56 bits per heavy atom. The highest BCUT2D eigenvalue weighted by Gasteiger charge is 2.38. The topological polar surface area (TPSA) is 70.1 Å². The molecule has 1 aliphatic rings. The first-order valence-electron chi connectivity index (χ1n) is 5.70. The average Bonchev–Trinajstić information content (AvgIpc) is 2.72. The van der Waals surface area contributed by atoms with Gasteiger partial charge in [0.15, 0.2) is 0 Å². The fraction of sp³-hybridized carbons (Fsp3) is 0.385. The molecule has 4 nitrogen and oxygen atoms in total. The van der Waals surface area contributed by atoms with E-state index in [-0.39, 0.29) is 5.91 Å². The van der Waals surface area contributed by atoms with Crippen LogP contribution in [0.4, 0.5) is 5.69 Å². The van der Waals surface area contributed by atoms with Crippen molar-refractivity contribution in [2.45, 2.75) is 13.3 Å². The Kier molecular flexibility index (Phi) is 3.31. The monoisotopic (exact) mass is 307 g/mol. The Morgan fingerprint density at radius 3 is 2.83 bits per heavy atom. The van der Waals surface area contributed by atoms with Gasteiger partial charge in [-0.2, -0.15) is 5.26 Å². The van der Waals surface area contributed by atoms with Crippen LogP contribution in [-0.4, -0.2) is 19.0 Å². The van der Waals surface area contributed by atoms with Crippen molar-refractivity contribution in [2.75, 3.05) is 18.0 Å². The Morgan fingerprint density at radius 2 is 2.28 bits per heavy atom. The molecule has 18 heavy (non-hydrogen) atoms. The van der Waals surface area contributed by atoms with Crippen molar-refractivity contribution in [1.82, 2.24) is 0 Å². The summed E-state index contributed by atoms with van der Waals surface area (Å²) in [4.78, 5) is 13.5. The molecular formula is C13H14BrN3O. The molecule has 1 atom stereocenters. The number of amides is 1. The van der Waals surface area contributed by atoms with Crippen molar-refractivity contribution in [3.05, 3.63) is 28.2 Å². The number of rotatable bonds is 2. The summed E-state index contributed by atoms with van der Waals surface area (Å²) in [7, 11) is 0. The third-order valence-electron chi connectivity index (χ3n) is 3.44. The lowest BCUT2D eigenvalue weighted by Gasteiger charge is -2.22. The molecule has 1 heterocycles. The lowest BCUT2D eigenvalue weighted by molar-refractivity contribution is -0.125. The van der Waals surface area contributed by atoms with Gasteiger partial charge in [0.05, 0.1) is 17.0 Å². The predicted octanol–water partition coefficient (Wildman–Crippen LogP) is 2.02. The van der Waals surface area contributed by atoms with Gasteiger partial charge >= 0.3 is 0 Å². The molecule has 2 N–H and O–H groups in total. The molecule has 0 radical (unpaired) electrons. The van der Waals surface area contributed by atoms with Gasteiger partial charge in [0.1, 0.15) is 0 Å². The van der Waals surface area contributed by atoms with Crippen LogP contribution >= 0.6 is 15.9 Å². The van der Waals surface area contributed by atoms with Crippen LogP contribution in [0.3, 0.4) is 0 Å². The molecule has 5 heteroatoms. The zero-order valence-electron chi connectivity index (χ0n) is 10.1. The second-order valence-electron chi connectivity index (χ2n) is 4.91. The third-order valence-corrected chi connectivity index (χ3v) is 3.90. The molecular weight excluding hydrogens is 294 g/mol. The SMILES string of the molecule is CC1(C(N)=O)CCN(c2cc(Br)cc(C#N)c2)C1. The summed E-state index contributed by atoms with van der Waals surface area (Å²) in [5.74, 6) is -0.263. The van der Waals surface area contributed by atoms with E-state index >= 15 is 0 Å². The maximum atomic E-state index is 11.4. The standard InChI is InChI=1S/C13H14BrN3O/c1-13(12(16)18)2-3-17(8-13)11-5-9(7-15)4-10(14)6-11/h4-6H,2-3,8H2,1H3,(H2,16,18). The molecule has 0 spiro atoms. The van der Waals surface area contributed by atoms with E-state index in [1.807, 2.05) is 19.1 Å². The van der Waals surface area contributed by atoms with E-state index in [1.54, 1.807) is 6.07 Å². The molecule has 94 valence electrons. The highest BCUT2D eigenvalue weighted by Crippen LogP contribution is 2.34. The zero-order valence-corrected chi connectivity index (χ0v) is 11.7. The van der Waals surface area contributed by atoms with Crippen LogP contribution in [0, 0.1) is 16.7 Å². The van der Waals surface area contributed by atoms with Crippen LogP contribution in [0.2, 0.25) is 0 Å². The third kappa shape index (κ3) is 2.34. The van der Waals surface area contributed by atoms with Gasteiger partial charge in [0.2, 0.25) is 5.91 Å². The summed E-state index contributed by atoms with van der Waals surface area (Å²) in [6.07, 6.45) is 0.747. The average molecular weight is 308 g/mol. The normalized spacial score (nSPS) is 22.8. The zero-order chi connectivity index (χ0) is 13.3. The molecule has 1 unspecified atom stereocenters. The summed E-state index contributed by atoms with van der Waals surface area (Å²) in [6, 6.07) is 7.68. The number of nitrogens with zero attached hydrogens (tertiary/aromatic N) is 2. The van der Waals surface area contributed by atoms with Gasteiger partial charge in [-0.3, -0.25) is 4.79 Å². The summed E-state index contributed by atoms with van der Waals surface area (Å²) in [5, 5.41) is 8.96. The number of anilines is 1. The quantitative estimate of drug-likeness (QED) is 0.908. The van der Waals surface area contributed by atoms with E-state index < -0.39 is 5.41 Å². The molecule has 0 bridgehead atoms. The van der Waals surface area contributed by atoms with E-state index in [1.165, 1.54) is 0 Å². The van der Waals surface area contributed by atoms with Gasteiger partial charge in [-0.1, -0.05) is 15.9 Å². The van der Waals surface area contributed by atoms with E-state index in [4.69, 9.17) is 11.0 Å².